The van der Waals surface area contributed by atoms with Crippen molar-refractivity contribution in [1.29, 1.82) is 0 Å². The van der Waals surface area contributed by atoms with Crippen molar-refractivity contribution in [2.75, 3.05) is 32.1 Å². The lowest BCUT2D eigenvalue weighted by Crippen LogP contribution is -2.45. The number of fused-ring (bicyclic) bond motifs is 3. The third-order valence-corrected chi connectivity index (χ3v) is 4.00. The summed E-state index contributed by atoms with van der Waals surface area (Å²) in [6, 6.07) is 9.58. The second-order valence-electron chi connectivity index (χ2n) is 4.89. The largest absolute Gasteiger partial charge is 0.369 e. The Hall–Kier alpha value is -1.02. The van der Waals surface area contributed by atoms with Crippen LogP contribution in [0, 0.1) is 0 Å². The van der Waals surface area contributed by atoms with E-state index in [1.54, 1.807) is 5.56 Å². The van der Waals surface area contributed by atoms with Gasteiger partial charge in [0.1, 0.15) is 0 Å². The maximum Gasteiger partial charge on any atom is 0.0483 e. The monoisotopic (exact) mass is 202 g/mol. The first-order valence-electron chi connectivity index (χ1n) is 5.77. The average molecular weight is 202 g/mol. The molecule has 2 atom stereocenters. The molecule has 2 unspecified atom stereocenters. The molecule has 0 amide bonds. The SMILES string of the molecule is CN1CCC2c3ccccc3N(C)C2C1. The van der Waals surface area contributed by atoms with Gasteiger partial charge >= 0.3 is 0 Å². The van der Waals surface area contributed by atoms with Gasteiger partial charge in [-0.3, -0.25) is 0 Å². The molecule has 1 saturated heterocycles. The standard InChI is InChI=1S/C13H18N2/c1-14-8-7-11-10-5-3-4-6-12(10)15(2)13(11)9-14/h3-6,11,13H,7-9H2,1-2H3. The Kier molecular flexibility index (Phi) is 1.99. The molecule has 0 radical (unpaired) electrons. The van der Waals surface area contributed by atoms with E-state index in [2.05, 4.69) is 48.2 Å². The molecule has 2 heterocycles. The molecule has 2 aliphatic heterocycles. The second-order valence-corrected chi connectivity index (χ2v) is 4.89. The summed E-state index contributed by atoms with van der Waals surface area (Å²) < 4.78 is 0. The Morgan fingerprint density at radius 2 is 2.00 bits per heavy atom. The molecular formula is C13H18N2. The van der Waals surface area contributed by atoms with Crippen LogP contribution in [0.3, 0.4) is 0 Å². The highest BCUT2D eigenvalue weighted by molar-refractivity contribution is 5.61. The lowest BCUT2D eigenvalue weighted by molar-refractivity contribution is 0.233. The molecule has 1 aromatic rings. The van der Waals surface area contributed by atoms with Gasteiger partial charge in [0.2, 0.25) is 0 Å². The molecule has 0 bridgehead atoms. The minimum Gasteiger partial charge on any atom is -0.369 e. The molecule has 0 N–H and O–H groups in total. The lowest BCUT2D eigenvalue weighted by Gasteiger charge is -2.36. The van der Waals surface area contributed by atoms with Crippen LogP contribution in [0.1, 0.15) is 17.9 Å². The molecule has 2 nitrogen and oxygen atoms in total. The Morgan fingerprint density at radius 3 is 2.87 bits per heavy atom. The van der Waals surface area contributed by atoms with Crippen LogP contribution in [0.2, 0.25) is 0 Å². The van der Waals surface area contributed by atoms with Crippen molar-refractivity contribution < 1.29 is 0 Å². The second kappa shape index (κ2) is 3.24. The molecule has 0 saturated carbocycles. The van der Waals surface area contributed by atoms with Gasteiger partial charge in [0.15, 0.2) is 0 Å². The number of rotatable bonds is 0. The molecule has 0 aromatic heterocycles. The van der Waals surface area contributed by atoms with Gasteiger partial charge in [0.05, 0.1) is 0 Å². The Labute approximate surface area is 91.5 Å². The summed E-state index contributed by atoms with van der Waals surface area (Å²) in [5.41, 5.74) is 3.01. The Morgan fingerprint density at radius 1 is 1.20 bits per heavy atom. The van der Waals surface area contributed by atoms with E-state index < -0.39 is 0 Å². The van der Waals surface area contributed by atoms with E-state index in [4.69, 9.17) is 0 Å². The van der Waals surface area contributed by atoms with Crippen molar-refractivity contribution in [3.8, 4) is 0 Å². The topological polar surface area (TPSA) is 6.48 Å². The molecule has 1 aromatic carbocycles. The summed E-state index contributed by atoms with van der Waals surface area (Å²) in [5.74, 6) is 0.766. The highest BCUT2D eigenvalue weighted by Gasteiger charge is 2.38. The molecule has 3 rings (SSSR count). The van der Waals surface area contributed by atoms with Crippen LogP contribution in [-0.2, 0) is 0 Å². The lowest BCUT2D eigenvalue weighted by atomic mass is 9.88. The number of anilines is 1. The first kappa shape index (κ1) is 9.22. The van der Waals surface area contributed by atoms with Crippen molar-refractivity contribution in [1.82, 2.24) is 4.90 Å². The number of nitrogens with zero attached hydrogens (tertiary/aromatic N) is 2. The van der Waals surface area contributed by atoms with Crippen LogP contribution in [0.5, 0.6) is 0 Å². The van der Waals surface area contributed by atoms with Gasteiger partial charge in [-0.15, -0.1) is 0 Å². The summed E-state index contributed by atoms with van der Waals surface area (Å²) in [6.45, 7) is 2.44. The zero-order valence-electron chi connectivity index (χ0n) is 9.48. The van der Waals surface area contributed by atoms with Gasteiger partial charge in [0, 0.05) is 31.2 Å². The zero-order valence-corrected chi connectivity index (χ0v) is 9.48. The summed E-state index contributed by atoms with van der Waals surface area (Å²) in [7, 11) is 4.47. The number of para-hydroxylation sites is 1. The smallest absolute Gasteiger partial charge is 0.0483 e. The number of piperidine rings is 1. The van der Waals surface area contributed by atoms with Crippen LogP contribution in [0.4, 0.5) is 5.69 Å². The van der Waals surface area contributed by atoms with E-state index in [9.17, 15) is 0 Å². The minimum atomic E-state index is 0.696. The van der Waals surface area contributed by atoms with Crippen LogP contribution in [0.25, 0.3) is 0 Å². The number of likely N-dealkylation sites (N-methyl/N-ethyl adjacent to an activating group) is 2. The van der Waals surface area contributed by atoms with Gasteiger partial charge < -0.3 is 9.80 Å². The Balaban J connectivity index is 2.01. The van der Waals surface area contributed by atoms with Crippen LogP contribution in [0.15, 0.2) is 24.3 Å². The van der Waals surface area contributed by atoms with E-state index >= 15 is 0 Å². The number of hydrogen-bond acceptors (Lipinski definition) is 2. The first-order valence-corrected chi connectivity index (χ1v) is 5.77. The molecule has 0 spiro atoms. The summed E-state index contributed by atoms with van der Waals surface area (Å²) in [5, 5.41) is 0. The van der Waals surface area contributed by atoms with E-state index in [-0.39, 0.29) is 0 Å². The summed E-state index contributed by atoms with van der Waals surface area (Å²) >= 11 is 0. The van der Waals surface area contributed by atoms with Crippen molar-refractivity contribution >= 4 is 5.69 Å². The molecule has 2 heteroatoms. The fraction of sp³-hybridized carbons (Fsp3) is 0.538. The van der Waals surface area contributed by atoms with Gasteiger partial charge in [-0.25, -0.2) is 0 Å². The van der Waals surface area contributed by atoms with E-state index in [1.165, 1.54) is 25.2 Å². The van der Waals surface area contributed by atoms with Gasteiger partial charge in [-0.1, -0.05) is 18.2 Å². The highest BCUT2D eigenvalue weighted by atomic mass is 15.2. The quantitative estimate of drug-likeness (QED) is 0.634. The predicted molar refractivity (Wildman–Crippen MR) is 63.5 cm³/mol. The van der Waals surface area contributed by atoms with Gasteiger partial charge in [-0.2, -0.15) is 0 Å². The third kappa shape index (κ3) is 1.28. The van der Waals surface area contributed by atoms with Crippen molar-refractivity contribution in [3.63, 3.8) is 0 Å². The highest BCUT2D eigenvalue weighted by Crippen LogP contribution is 2.43. The van der Waals surface area contributed by atoms with Crippen molar-refractivity contribution in [3.05, 3.63) is 29.8 Å². The zero-order chi connectivity index (χ0) is 10.4. The third-order valence-electron chi connectivity index (χ3n) is 4.00. The van der Waals surface area contributed by atoms with Crippen LogP contribution < -0.4 is 4.90 Å². The average Bonchev–Trinajstić information content (AvgIpc) is 2.54. The summed E-state index contributed by atoms with van der Waals surface area (Å²) in [6.07, 6.45) is 1.31. The molecule has 80 valence electrons. The first-order chi connectivity index (χ1) is 7.27. The maximum absolute atomic E-state index is 2.47. The summed E-state index contributed by atoms with van der Waals surface area (Å²) in [4.78, 5) is 4.92. The fourth-order valence-electron chi connectivity index (χ4n) is 3.15. The van der Waals surface area contributed by atoms with E-state index in [0.717, 1.165) is 5.92 Å². The normalized spacial score (nSPS) is 30.1. The molecule has 0 aliphatic carbocycles. The van der Waals surface area contributed by atoms with E-state index in [1.807, 2.05) is 0 Å². The van der Waals surface area contributed by atoms with Crippen molar-refractivity contribution in [2.45, 2.75) is 18.4 Å². The molecule has 1 fully saturated rings. The van der Waals surface area contributed by atoms with Crippen LogP contribution >= 0.6 is 0 Å². The van der Waals surface area contributed by atoms with Gasteiger partial charge in [-0.05, 0) is 31.6 Å². The maximum atomic E-state index is 2.47. The fourth-order valence-corrected chi connectivity index (χ4v) is 3.15. The molecular weight excluding hydrogens is 184 g/mol. The molecule has 2 aliphatic rings. The minimum absolute atomic E-state index is 0.696. The van der Waals surface area contributed by atoms with Crippen molar-refractivity contribution in [2.24, 2.45) is 0 Å². The van der Waals surface area contributed by atoms with Crippen LogP contribution in [-0.4, -0.2) is 38.1 Å². The number of benzene rings is 1. The van der Waals surface area contributed by atoms with Gasteiger partial charge in [0.25, 0.3) is 0 Å². The molecule has 15 heavy (non-hydrogen) atoms. The number of likely N-dealkylation sites (tertiary alicyclic amines) is 1. The Bertz CT molecular complexity index is 375. The van der Waals surface area contributed by atoms with E-state index in [0.29, 0.717) is 6.04 Å². The number of hydrogen-bond donors (Lipinski definition) is 0. The predicted octanol–water partition coefficient (Wildman–Crippen LogP) is 1.92.